The Bertz CT molecular complexity index is 444. The van der Waals surface area contributed by atoms with Crippen LogP contribution in [0.3, 0.4) is 0 Å². The largest absolute Gasteiger partial charge is 0.481 e. The molecular weight excluding hydrogens is 274 g/mol. The van der Waals surface area contributed by atoms with E-state index in [-0.39, 0.29) is 13.1 Å². The second-order valence-electron chi connectivity index (χ2n) is 4.71. The molecule has 0 saturated heterocycles. The van der Waals surface area contributed by atoms with Gasteiger partial charge in [-0.05, 0) is 19.3 Å². The lowest BCUT2D eigenvalue weighted by Gasteiger charge is -2.12. The van der Waals surface area contributed by atoms with Crippen molar-refractivity contribution < 1.29 is 23.1 Å². The molecule has 2 amide bonds. The maximum absolute atomic E-state index is 11.3. The van der Waals surface area contributed by atoms with Crippen LogP contribution in [-0.4, -0.2) is 51.4 Å². The summed E-state index contributed by atoms with van der Waals surface area (Å²) in [7, 11) is -3.20. The summed E-state index contributed by atoms with van der Waals surface area (Å²) in [5, 5.41) is 13.9. The molecule has 0 aromatic rings. The van der Waals surface area contributed by atoms with Gasteiger partial charge < -0.3 is 15.7 Å². The molecule has 1 aliphatic rings. The third kappa shape index (κ3) is 5.88. The third-order valence-electron chi connectivity index (χ3n) is 2.90. The number of nitrogens with one attached hydrogen (secondary N) is 3. The smallest absolute Gasteiger partial charge is 0.314 e. The van der Waals surface area contributed by atoms with E-state index in [1.165, 1.54) is 0 Å². The maximum Gasteiger partial charge on any atom is 0.314 e. The van der Waals surface area contributed by atoms with Crippen molar-refractivity contribution in [1.82, 2.24) is 15.4 Å². The van der Waals surface area contributed by atoms with Crippen molar-refractivity contribution in [2.45, 2.75) is 19.3 Å². The van der Waals surface area contributed by atoms with Gasteiger partial charge in [-0.2, -0.15) is 0 Å². The number of aliphatic carboxylic acids is 1. The molecular formula is C10H19N3O5S. The van der Waals surface area contributed by atoms with Crippen LogP contribution < -0.4 is 15.4 Å². The van der Waals surface area contributed by atoms with Gasteiger partial charge in [0.1, 0.15) is 0 Å². The summed E-state index contributed by atoms with van der Waals surface area (Å²) >= 11 is 0. The van der Waals surface area contributed by atoms with Gasteiger partial charge in [0.2, 0.25) is 10.0 Å². The molecule has 0 spiro atoms. The molecule has 1 fully saturated rings. The molecule has 0 unspecified atom stereocenters. The molecule has 4 N–H and O–H groups in total. The van der Waals surface area contributed by atoms with Crippen LogP contribution in [0.15, 0.2) is 0 Å². The number of hydrogen-bond acceptors (Lipinski definition) is 4. The molecule has 0 aromatic heterocycles. The van der Waals surface area contributed by atoms with E-state index < -0.39 is 27.4 Å². The highest BCUT2D eigenvalue weighted by Crippen LogP contribution is 2.45. The van der Waals surface area contributed by atoms with Gasteiger partial charge in [0.25, 0.3) is 0 Å². The average Bonchev–Trinajstić information content (AvgIpc) is 3.05. The van der Waals surface area contributed by atoms with Gasteiger partial charge in [-0.3, -0.25) is 4.79 Å². The lowest BCUT2D eigenvalue weighted by molar-refractivity contribution is -0.143. The molecule has 0 atom stereocenters. The Balaban J connectivity index is 2.07. The Hall–Kier alpha value is -1.35. The fraction of sp³-hybridized carbons (Fsp3) is 0.800. The molecule has 1 saturated carbocycles. The molecule has 0 bridgehead atoms. The molecule has 0 aromatic carbocycles. The summed E-state index contributed by atoms with van der Waals surface area (Å²) in [6.45, 7) is 0.683. The molecule has 0 aliphatic heterocycles. The predicted molar refractivity (Wildman–Crippen MR) is 68.2 cm³/mol. The summed E-state index contributed by atoms with van der Waals surface area (Å²) < 4.78 is 23.8. The summed E-state index contributed by atoms with van der Waals surface area (Å²) in [5.41, 5.74) is -0.783. The Morgan fingerprint density at radius 3 is 2.32 bits per heavy atom. The van der Waals surface area contributed by atoms with Crippen LogP contribution in [-0.2, 0) is 14.8 Å². The lowest BCUT2D eigenvalue weighted by Crippen LogP contribution is -2.41. The molecule has 0 radical (unpaired) electrons. The van der Waals surface area contributed by atoms with E-state index in [0.29, 0.717) is 25.8 Å². The zero-order chi connectivity index (χ0) is 14.5. The van der Waals surface area contributed by atoms with Gasteiger partial charge in [0.15, 0.2) is 0 Å². The van der Waals surface area contributed by atoms with E-state index >= 15 is 0 Å². The Morgan fingerprint density at radius 1 is 1.21 bits per heavy atom. The van der Waals surface area contributed by atoms with Gasteiger partial charge in [0.05, 0.1) is 11.7 Å². The van der Waals surface area contributed by atoms with E-state index in [1.807, 2.05) is 0 Å². The van der Waals surface area contributed by atoms with Crippen molar-refractivity contribution in [2.24, 2.45) is 5.41 Å². The highest BCUT2D eigenvalue weighted by atomic mass is 32.2. The quantitative estimate of drug-likeness (QED) is 0.431. The first-order chi connectivity index (χ1) is 8.75. The number of rotatable bonds is 8. The van der Waals surface area contributed by atoms with Gasteiger partial charge >= 0.3 is 12.0 Å². The van der Waals surface area contributed by atoms with E-state index in [9.17, 15) is 18.0 Å². The summed E-state index contributed by atoms with van der Waals surface area (Å²) in [5.74, 6) is -0.884. The van der Waals surface area contributed by atoms with Crippen molar-refractivity contribution >= 4 is 22.0 Å². The zero-order valence-electron chi connectivity index (χ0n) is 10.7. The van der Waals surface area contributed by atoms with Crippen molar-refractivity contribution in [1.29, 1.82) is 0 Å². The van der Waals surface area contributed by atoms with E-state index in [1.54, 1.807) is 0 Å². The van der Waals surface area contributed by atoms with Crippen LogP contribution >= 0.6 is 0 Å². The number of carboxylic acid groups (broad SMARTS) is 1. The number of carbonyl (C=O) groups excluding carboxylic acids is 1. The molecule has 110 valence electrons. The van der Waals surface area contributed by atoms with Crippen molar-refractivity contribution in [3.63, 3.8) is 0 Å². The fourth-order valence-corrected chi connectivity index (χ4v) is 1.99. The lowest BCUT2D eigenvalue weighted by atomic mass is 10.1. The summed E-state index contributed by atoms with van der Waals surface area (Å²) in [4.78, 5) is 22.2. The minimum atomic E-state index is -3.20. The van der Waals surface area contributed by atoms with Crippen LogP contribution in [0.1, 0.15) is 19.3 Å². The van der Waals surface area contributed by atoms with Crippen LogP contribution in [0.5, 0.6) is 0 Å². The Labute approximate surface area is 112 Å². The number of carbonyl (C=O) groups is 2. The van der Waals surface area contributed by atoms with Gasteiger partial charge in [-0.1, -0.05) is 0 Å². The topological polar surface area (TPSA) is 125 Å². The van der Waals surface area contributed by atoms with Crippen LogP contribution in [0.4, 0.5) is 4.79 Å². The first-order valence-corrected chi connectivity index (χ1v) is 7.84. The first-order valence-electron chi connectivity index (χ1n) is 5.95. The Morgan fingerprint density at radius 2 is 1.84 bits per heavy atom. The molecule has 9 heteroatoms. The van der Waals surface area contributed by atoms with Gasteiger partial charge in [0, 0.05) is 19.6 Å². The molecule has 1 rings (SSSR count). The van der Waals surface area contributed by atoms with Crippen LogP contribution in [0.25, 0.3) is 0 Å². The molecule has 19 heavy (non-hydrogen) atoms. The third-order valence-corrected chi connectivity index (χ3v) is 3.63. The number of hydrogen-bond donors (Lipinski definition) is 4. The maximum atomic E-state index is 11.3. The summed E-state index contributed by atoms with van der Waals surface area (Å²) in [6.07, 6.45) is 2.69. The normalized spacial score (nSPS) is 16.7. The highest BCUT2D eigenvalue weighted by Gasteiger charge is 2.50. The van der Waals surface area contributed by atoms with Crippen LogP contribution in [0, 0.1) is 5.41 Å². The minimum Gasteiger partial charge on any atom is -0.481 e. The monoisotopic (exact) mass is 293 g/mol. The predicted octanol–water partition coefficient (Wildman–Crippen LogP) is -0.910. The molecule has 0 heterocycles. The summed E-state index contributed by atoms with van der Waals surface area (Å²) in [6, 6.07) is -0.438. The number of amides is 2. The Kier molecular flexibility index (Phi) is 5.12. The second kappa shape index (κ2) is 6.20. The average molecular weight is 293 g/mol. The first kappa shape index (κ1) is 15.7. The highest BCUT2D eigenvalue weighted by molar-refractivity contribution is 7.88. The molecule has 8 nitrogen and oxygen atoms in total. The van der Waals surface area contributed by atoms with E-state index in [4.69, 9.17) is 5.11 Å². The van der Waals surface area contributed by atoms with E-state index in [2.05, 4.69) is 15.4 Å². The number of sulfonamides is 1. The number of carboxylic acids is 1. The molecule has 1 aliphatic carbocycles. The zero-order valence-corrected chi connectivity index (χ0v) is 11.5. The van der Waals surface area contributed by atoms with Crippen molar-refractivity contribution in [3.05, 3.63) is 0 Å². The van der Waals surface area contributed by atoms with E-state index in [0.717, 1.165) is 6.26 Å². The second-order valence-corrected chi connectivity index (χ2v) is 6.55. The SMILES string of the molecule is CS(=O)(=O)NCCCNC(=O)NCC1(C(=O)O)CC1. The van der Waals surface area contributed by atoms with Gasteiger partial charge in [-0.25, -0.2) is 17.9 Å². The minimum absolute atomic E-state index is 0.121. The fourth-order valence-electron chi connectivity index (χ4n) is 1.48. The van der Waals surface area contributed by atoms with Crippen LogP contribution in [0.2, 0.25) is 0 Å². The van der Waals surface area contributed by atoms with Crippen molar-refractivity contribution in [3.8, 4) is 0 Å². The number of urea groups is 1. The van der Waals surface area contributed by atoms with Gasteiger partial charge in [-0.15, -0.1) is 0 Å². The standard InChI is InChI=1S/C10H19N3O5S/c1-19(17,18)13-6-2-5-11-9(16)12-7-10(3-4-10)8(14)15/h13H,2-7H2,1H3,(H,14,15)(H2,11,12,16). The van der Waals surface area contributed by atoms with Crippen molar-refractivity contribution in [2.75, 3.05) is 25.9 Å².